The van der Waals surface area contributed by atoms with Crippen LogP contribution in [0.2, 0.25) is 0 Å². The average Bonchev–Trinajstić information content (AvgIpc) is 2.73. The summed E-state index contributed by atoms with van der Waals surface area (Å²) in [7, 11) is 2.16. The molecule has 0 fully saturated rings. The number of hydrogen-bond donors (Lipinski definition) is 2. The van der Waals surface area contributed by atoms with Crippen LogP contribution in [0.1, 0.15) is 12.0 Å². The van der Waals surface area contributed by atoms with E-state index in [2.05, 4.69) is 35.3 Å². The number of nitrogens with zero attached hydrogens (tertiary/aromatic N) is 1. The minimum atomic E-state index is 0.809. The lowest BCUT2D eigenvalue weighted by molar-refractivity contribution is 0.370. The van der Waals surface area contributed by atoms with Crippen LogP contribution in [0, 0.1) is 0 Å². The van der Waals surface area contributed by atoms with Crippen LogP contribution >= 0.6 is 0 Å². The Morgan fingerprint density at radius 2 is 2.24 bits per heavy atom. The van der Waals surface area contributed by atoms with E-state index in [-0.39, 0.29) is 0 Å². The highest BCUT2D eigenvalue weighted by Gasteiger charge is 2.13. The fourth-order valence-corrected chi connectivity index (χ4v) is 2.42. The van der Waals surface area contributed by atoms with Crippen molar-refractivity contribution in [1.82, 2.24) is 9.88 Å². The molecule has 1 aromatic heterocycles. The number of nitrogens with one attached hydrogen (secondary N) is 1. The van der Waals surface area contributed by atoms with Gasteiger partial charge in [0.2, 0.25) is 0 Å². The van der Waals surface area contributed by atoms with Gasteiger partial charge in [0.25, 0.3) is 0 Å². The van der Waals surface area contributed by atoms with Gasteiger partial charge in [-0.3, -0.25) is 0 Å². The number of H-pyrrole nitrogens is 1. The Morgan fingerprint density at radius 3 is 3.00 bits per heavy atom. The smallest absolute Gasteiger partial charge is 0.0480 e. The summed E-state index contributed by atoms with van der Waals surface area (Å²) in [5, 5.41) is 1.27. The molecule has 3 heteroatoms. The van der Waals surface area contributed by atoms with Gasteiger partial charge in [-0.15, -0.1) is 0 Å². The highest BCUT2D eigenvalue weighted by Crippen LogP contribution is 2.29. The molecule has 0 spiro atoms. The molecule has 3 nitrogen and oxygen atoms in total. The maximum Gasteiger partial charge on any atom is 0.0480 e. The molecule has 1 aliphatic heterocycles. The zero-order chi connectivity index (χ0) is 11.8. The maximum absolute atomic E-state index is 5.79. The van der Waals surface area contributed by atoms with Crippen LogP contribution in [0.4, 0.5) is 5.69 Å². The lowest BCUT2D eigenvalue weighted by Gasteiger charge is -2.21. The summed E-state index contributed by atoms with van der Waals surface area (Å²) in [5.41, 5.74) is 10.5. The van der Waals surface area contributed by atoms with Crippen LogP contribution in [0.15, 0.2) is 30.5 Å². The van der Waals surface area contributed by atoms with Gasteiger partial charge in [0.05, 0.1) is 0 Å². The highest BCUT2D eigenvalue weighted by atomic mass is 15.1. The van der Waals surface area contributed by atoms with E-state index in [0.29, 0.717) is 0 Å². The molecule has 1 aliphatic rings. The standard InChI is InChI=1S/C14H17N3/c1-17-6-4-10(5-7-17)13-9-16-14-8-11(15)2-3-12(13)14/h2-4,8-9,16H,5-7,15H2,1H3. The first-order chi connectivity index (χ1) is 8.24. The fourth-order valence-electron chi connectivity index (χ4n) is 2.42. The number of nitrogens with two attached hydrogens (primary N) is 1. The molecule has 0 radical (unpaired) electrons. The van der Waals surface area contributed by atoms with Crippen molar-refractivity contribution in [2.45, 2.75) is 6.42 Å². The Balaban J connectivity index is 2.06. The van der Waals surface area contributed by atoms with E-state index in [0.717, 1.165) is 30.7 Å². The first-order valence-corrected chi connectivity index (χ1v) is 5.98. The minimum absolute atomic E-state index is 0.809. The van der Waals surface area contributed by atoms with Crippen molar-refractivity contribution >= 4 is 22.2 Å². The third-order valence-electron chi connectivity index (χ3n) is 3.46. The van der Waals surface area contributed by atoms with Crippen LogP contribution in [0.25, 0.3) is 16.5 Å². The van der Waals surface area contributed by atoms with E-state index in [1.54, 1.807) is 0 Å². The van der Waals surface area contributed by atoms with Gasteiger partial charge in [-0.25, -0.2) is 0 Å². The van der Waals surface area contributed by atoms with E-state index in [1.165, 1.54) is 16.5 Å². The number of aromatic nitrogens is 1. The molecule has 17 heavy (non-hydrogen) atoms. The van der Waals surface area contributed by atoms with Crippen molar-refractivity contribution in [2.75, 3.05) is 25.9 Å². The van der Waals surface area contributed by atoms with Gasteiger partial charge in [0.15, 0.2) is 0 Å². The number of hydrogen-bond acceptors (Lipinski definition) is 2. The van der Waals surface area contributed by atoms with Gasteiger partial charge in [-0.05, 0) is 31.2 Å². The lowest BCUT2D eigenvalue weighted by Crippen LogP contribution is -2.23. The summed E-state index contributed by atoms with van der Waals surface area (Å²) in [4.78, 5) is 5.63. The van der Waals surface area contributed by atoms with E-state index in [9.17, 15) is 0 Å². The van der Waals surface area contributed by atoms with Crippen molar-refractivity contribution in [1.29, 1.82) is 0 Å². The normalized spacial score (nSPS) is 17.4. The average molecular weight is 227 g/mol. The molecule has 88 valence electrons. The predicted molar refractivity (Wildman–Crippen MR) is 72.8 cm³/mol. The summed E-state index contributed by atoms with van der Waals surface area (Å²) >= 11 is 0. The number of benzene rings is 1. The van der Waals surface area contributed by atoms with Crippen LogP contribution in [-0.4, -0.2) is 30.0 Å². The summed E-state index contributed by atoms with van der Waals surface area (Å²) in [6.45, 7) is 2.17. The van der Waals surface area contributed by atoms with Crippen molar-refractivity contribution in [3.63, 3.8) is 0 Å². The molecule has 3 rings (SSSR count). The molecule has 1 aromatic carbocycles. The van der Waals surface area contributed by atoms with Gasteiger partial charge in [0.1, 0.15) is 0 Å². The molecule has 3 N–H and O–H groups in total. The van der Waals surface area contributed by atoms with E-state index < -0.39 is 0 Å². The molecule has 2 aromatic rings. The fraction of sp³-hybridized carbons (Fsp3) is 0.286. The predicted octanol–water partition coefficient (Wildman–Crippen LogP) is 2.47. The van der Waals surface area contributed by atoms with Gasteiger partial charge in [-0.2, -0.15) is 0 Å². The zero-order valence-corrected chi connectivity index (χ0v) is 10.0. The van der Waals surface area contributed by atoms with Crippen molar-refractivity contribution < 1.29 is 0 Å². The molecule has 0 bridgehead atoms. The number of fused-ring (bicyclic) bond motifs is 1. The lowest BCUT2D eigenvalue weighted by atomic mass is 9.99. The van der Waals surface area contributed by atoms with Crippen LogP contribution in [-0.2, 0) is 0 Å². The van der Waals surface area contributed by atoms with Crippen molar-refractivity contribution in [2.24, 2.45) is 0 Å². The molecule has 2 heterocycles. The van der Waals surface area contributed by atoms with Gasteiger partial charge in [0, 0.05) is 41.4 Å². The number of anilines is 1. The third-order valence-corrected chi connectivity index (χ3v) is 3.46. The maximum atomic E-state index is 5.79. The highest BCUT2D eigenvalue weighted by molar-refractivity contribution is 5.94. The summed E-state index contributed by atoms with van der Waals surface area (Å²) in [5.74, 6) is 0. The zero-order valence-electron chi connectivity index (χ0n) is 10.0. The number of aromatic amines is 1. The first-order valence-electron chi connectivity index (χ1n) is 5.98. The molecule has 0 aliphatic carbocycles. The van der Waals surface area contributed by atoms with Gasteiger partial charge < -0.3 is 15.6 Å². The van der Waals surface area contributed by atoms with Crippen molar-refractivity contribution in [3.8, 4) is 0 Å². The Hall–Kier alpha value is -1.74. The molecule has 0 amide bonds. The Kier molecular flexibility index (Phi) is 2.41. The number of nitrogen functional groups attached to an aromatic ring is 1. The molecule has 0 saturated heterocycles. The summed E-state index contributed by atoms with van der Waals surface area (Å²) in [6.07, 6.45) is 5.54. The monoisotopic (exact) mass is 227 g/mol. The second-order valence-corrected chi connectivity index (χ2v) is 4.75. The van der Waals surface area contributed by atoms with Crippen molar-refractivity contribution in [3.05, 3.63) is 36.0 Å². The summed E-state index contributed by atoms with van der Waals surface area (Å²) in [6, 6.07) is 6.07. The second kappa shape index (κ2) is 3.93. The molecule has 0 unspecified atom stereocenters. The SMILES string of the molecule is CN1CC=C(c2c[nH]c3cc(N)ccc23)CC1. The number of likely N-dealkylation sites (N-methyl/N-ethyl adjacent to an activating group) is 1. The third kappa shape index (κ3) is 1.83. The Bertz CT molecular complexity index is 580. The van der Waals surface area contributed by atoms with Crippen LogP contribution in [0.5, 0.6) is 0 Å². The molecular formula is C14H17N3. The largest absolute Gasteiger partial charge is 0.399 e. The molecular weight excluding hydrogens is 210 g/mol. The number of rotatable bonds is 1. The molecule has 0 atom stereocenters. The minimum Gasteiger partial charge on any atom is -0.399 e. The summed E-state index contributed by atoms with van der Waals surface area (Å²) < 4.78 is 0. The van der Waals surface area contributed by atoms with E-state index in [4.69, 9.17) is 5.73 Å². The van der Waals surface area contributed by atoms with Crippen LogP contribution < -0.4 is 5.73 Å². The molecule has 0 saturated carbocycles. The Labute approximate surface area is 101 Å². The van der Waals surface area contributed by atoms with Gasteiger partial charge in [-0.1, -0.05) is 12.1 Å². The Morgan fingerprint density at radius 1 is 1.35 bits per heavy atom. The first kappa shape index (κ1) is 10.4. The van der Waals surface area contributed by atoms with E-state index in [1.807, 2.05) is 12.1 Å². The second-order valence-electron chi connectivity index (χ2n) is 4.75. The topological polar surface area (TPSA) is 45.0 Å². The van der Waals surface area contributed by atoms with E-state index >= 15 is 0 Å². The van der Waals surface area contributed by atoms with Gasteiger partial charge >= 0.3 is 0 Å². The quantitative estimate of drug-likeness (QED) is 0.735. The van der Waals surface area contributed by atoms with Crippen LogP contribution in [0.3, 0.4) is 0 Å².